The summed E-state index contributed by atoms with van der Waals surface area (Å²) in [5.41, 5.74) is 12.9. The topological polar surface area (TPSA) is 21.3 Å². The summed E-state index contributed by atoms with van der Waals surface area (Å²) in [6.07, 6.45) is 0. The highest BCUT2D eigenvalue weighted by molar-refractivity contribution is 6.13. The molecule has 0 bridgehead atoms. The molecule has 0 unspecified atom stereocenters. The third-order valence-electron chi connectivity index (χ3n) is 11.0. The van der Waals surface area contributed by atoms with Crippen molar-refractivity contribution in [1.82, 2.24) is 4.57 Å². The van der Waals surface area contributed by atoms with E-state index in [1.54, 1.807) is 0 Å². The number of anilines is 3. The van der Waals surface area contributed by atoms with Crippen molar-refractivity contribution in [1.29, 1.82) is 0 Å². The Balaban J connectivity index is 1.14. The number of furan rings is 1. The lowest BCUT2D eigenvalue weighted by Gasteiger charge is -2.26. The summed E-state index contributed by atoms with van der Waals surface area (Å²) in [6, 6.07) is 73.9. The number of nitrogens with zero attached hydrogens (tertiary/aromatic N) is 2. The summed E-state index contributed by atoms with van der Waals surface area (Å²) in [4.78, 5) is 2.36. The van der Waals surface area contributed by atoms with Crippen molar-refractivity contribution in [2.75, 3.05) is 4.90 Å². The molecule has 11 aromatic rings. The van der Waals surface area contributed by atoms with Crippen LogP contribution in [0.25, 0.3) is 82.5 Å². The van der Waals surface area contributed by atoms with Crippen LogP contribution in [0.2, 0.25) is 0 Å². The van der Waals surface area contributed by atoms with E-state index in [1.165, 1.54) is 43.7 Å². The van der Waals surface area contributed by atoms with E-state index in [-0.39, 0.29) is 0 Å². The standard InChI is InChI=1S/C52H34N2O/c1-2-16-39(17-3-1)53(40-30-28-36(29-31-40)38-27-26-35-14-4-5-15-37(35)32-38)41-33-46(52-47(34-41)45-21-9-13-25-51(45)55-52)44-20-8-12-24-50(44)54-48-22-10-6-18-42(48)43-19-7-11-23-49(43)54/h1-34H. The van der Waals surface area contributed by atoms with E-state index in [9.17, 15) is 0 Å². The molecule has 0 saturated carbocycles. The summed E-state index contributed by atoms with van der Waals surface area (Å²) in [7, 11) is 0. The molecule has 2 aromatic heterocycles. The van der Waals surface area contributed by atoms with Crippen LogP contribution in [0, 0.1) is 0 Å². The van der Waals surface area contributed by atoms with Crippen molar-refractivity contribution in [3.8, 4) is 27.9 Å². The molecule has 258 valence electrons. The maximum absolute atomic E-state index is 6.80. The molecule has 0 aliphatic rings. The Morgan fingerprint density at radius 2 is 0.964 bits per heavy atom. The highest BCUT2D eigenvalue weighted by Gasteiger charge is 2.22. The van der Waals surface area contributed by atoms with Crippen molar-refractivity contribution in [2.45, 2.75) is 0 Å². The van der Waals surface area contributed by atoms with Crippen LogP contribution < -0.4 is 4.90 Å². The van der Waals surface area contributed by atoms with Crippen molar-refractivity contribution >= 4 is 71.6 Å². The van der Waals surface area contributed by atoms with Gasteiger partial charge in [-0.15, -0.1) is 0 Å². The zero-order valence-electron chi connectivity index (χ0n) is 29.9. The lowest BCUT2D eigenvalue weighted by molar-refractivity contribution is 0.670. The zero-order valence-corrected chi connectivity index (χ0v) is 29.9. The number of para-hydroxylation sites is 5. The Morgan fingerprint density at radius 3 is 1.75 bits per heavy atom. The van der Waals surface area contributed by atoms with Gasteiger partial charge >= 0.3 is 0 Å². The van der Waals surface area contributed by atoms with Crippen LogP contribution in [0.1, 0.15) is 0 Å². The number of benzene rings is 9. The van der Waals surface area contributed by atoms with Gasteiger partial charge in [0.2, 0.25) is 0 Å². The van der Waals surface area contributed by atoms with Crippen LogP contribution in [0.3, 0.4) is 0 Å². The van der Waals surface area contributed by atoms with E-state index in [1.807, 2.05) is 6.07 Å². The van der Waals surface area contributed by atoms with Gasteiger partial charge in [0.15, 0.2) is 0 Å². The number of fused-ring (bicyclic) bond motifs is 7. The van der Waals surface area contributed by atoms with Crippen LogP contribution in [0.15, 0.2) is 211 Å². The van der Waals surface area contributed by atoms with E-state index < -0.39 is 0 Å². The van der Waals surface area contributed by atoms with Crippen molar-refractivity contribution < 1.29 is 4.42 Å². The van der Waals surface area contributed by atoms with Crippen molar-refractivity contribution in [3.63, 3.8) is 0 Å². The van der Waals surface area contributed by atoms with Crippen LogP contribution in [-0.2, 0) is 0 Å². The zero-order chi connectivity index (χ0) is 36.3. The minimum absolute atomic E-state index is 0.872. The first-order chi connectivity index (χ1) is 27.3. The smallest absolute Gasteiger partial charge is 0.143 e. The number of aromatic nitrogens is 1. The molecular formula is C52H34N2O. The van der Waals surface area contributed by atoms with Gasteiger partial charge in [0.1, 0.15) is 11.2 Å². The van der Waals surface area contributed by atoms with Crippen LogP contribution in [0.4, 0.5) is 17.1 Å². The van der Waals surface area contributed by atoms with Crippen molar-refractivity contribution in [3.05, 3.63) is 206 Å². The highest BCUT2D eigenvalue weighted by atomic mass is 16.3. The summed E-state index contributed by atoms with van der Waals surface area (Å²) in [5, 5.41) is 7.12. The molecule has 0 amide bonds. The molecule has 0 saturated heterocycles. The van der Waals surface area contributed by atoms with Gasteiger partial charge in [-0.3, -0.25) is 0 Å². The summed E-state index contributed by atoms with van der Waals surface area (Å²) >= 11 is 0. The molecule has 2 heterocycles. The average molecular weight is 703 g/mol. The van der Waals surface area contributed by atoms with Crippen LogP contribution in [-0.4, -0.2) is 4.57 Å². The predicted molar refractivity (Wildman–Crippen MR) is 231 cm³/mol. The third kappa shape index (κ3) is 5.13. The second-order valence-electron chi connectivity index (χ2n) is 14.1. The van der Waals surface area contributed by atoms with E-state index in [0.29, 0.717) is 0 Å². The monoisotopic (exact) mass is 702 g/mol. The third-order valence-corrected chi connectivity index (χ3v) is 11.0. The Hall–Kier alpha value is -7.36. The first kappa shape index (κ1) is 31.2. The normalized spacial score (nSPS) is 11.6. The molecule has 11 rings (SSSR count). The van der Waals surface area contributed by atoms with Gasteiger partial charge in [0.05, 0.1) is 16.7 Å². The van der Waals surface area contributed by atoms with Gasteiger partial charge < -0.3 is 13.9 Å². The Labute approximate surface area is 318 Å². The lowest BCUT2D eigenvalue weighted by atomic mass is 9.98. The van der Waals surface area contributed by atoms with Crippen molar-refractivity contribution in [2.24, 2.45) is 0 Å². The predicted octanol–water partition coefficient (Wildman–Crippen LogP) is 14.6. The lowest BCUT2D eigenvalue weighted by Crippen LogP contribution is -2.10. The Kier molecular flexibility index (Phi) is 7.17. The second-order valence-corrected chi connectivity index (χ2v) is 14.1. The minimum Gasteiger partial charge on any atom is -0.455 e. The van der Waals surface area contributed by atoms with E-state index >= 15 is 0 Å². The minimum atomic E-state index is 0.872. The molecule has 0 fully saturated rings. The first-order valence-corrected chi connectivity index (χ1v) is 18.8. The van der Waals surface area contributed by atoms with Gasteiger partial charge in [0.25, 0.3) is 0 Å². The largest absolute Gasteiger partial charge is 0.455 e. The number of hydrogen-bond acceptors (Lipinski definition) is 2. The molecule has 0 atom stereocenters. The molecule has 3 heteroatoms. The highest BCUT2D eigenvalue weighted by Crippen LogP contribution is 2.45. The van der Waals surface area contributed by atoms with Crippen LogP contribution >= 0.6 is 0 Å². The fraction of sp³-hybridized carbons (Fsp3) is 0. The van der Waals surface area contributed by atoms with E-state index in [0.717, 1.165) is 55.8 Å². The fourth-order valence-corrected chi connectivity index (χ4v) is 8.42. The average Bonchev–Trinajstić information content (AvgIpc) is 3.80. The molecule has 0 aliphatic heterocycles. The summed E-state index contributed by atoms with van der Waals surface area (Å²) in [5.74, 6) is 0. The van der Waals surface area contributed by atoms with E-state index in [2.05, 4.69) is 210 Å². The maximum atomic E-state index is 6.80. The fourth-order valence-electron chi connectivity index (χ4n) is 8.42. The number of rotatable bonds is 6. The Morgan fingerprint density at radius 1 is 0.364 bits per heavy atom. The number of hydrogen-bond donors (Lipinski definition) is 0. The molecule has 0 N–H and O–H groups in total. The molecule has 55 heavy (non-hydrogen) atoms. The van der Waals surface area contributed by atoms with Gasteiger partial charge in [-0.2, -0.15) is 0 Å². The van der Waals surface area contributed by atoms with Gasteiger partial charge in [0, 0.05) is 49.7 Å². The summed E-state index contributed by atoms with van der Waals surface area (Å²) < 4.78 is 9.20. The Bertz CT molecular complexity index is 3150. The van der Waals surface area contributed by atoms with Crippen LogP contribution in [0.5, 0.6) is 0 Å². The van der Waals surface area contributed by atoms with Gasteiger partial charge in [-0.1, -0.05) is 140 Å². The molecule has 9 aromatic carbocycles. The first-order valence-electron chi connectivity index (χ1n) is 18.8. The SMILES string of the molecule is c1ccc(N(c2ccc(-c3ccc4ccccc4c3)cc2)c2cc(-c3ccccc3-n3c4ccccc4c4ccccc43)c3oc4ccccc4c3c2)cc1. The van der Waals surface area contributed by atoms with Gasteiger partial charge in [-0.25, -0.2) is 0 Å². The molecule has 0 spiro atoms. The quantitative estimate of drug-likeness (QED) is 0.172. The molecule has 0 radical (unpaired) electrons. The molecular weight excluding hydrogens is 669 g/mol. The van der Waals surface area contributed by atoms with E-state index in [4.69, 9.17) is 4.42 Å². The molecule has 0 aliphatic carbocycles. The summed E-state index contributed by atoms with van der Waals surface area (Å²) in [6.45, 7) is 0. The second kappa shape index (κ2) is 12.6. The molecule has 3 nitrogen and oxygen atoms in total. The van der Waals surface area contributed by atoms with Gasteiger partial charge in [-0.05, 0) is 88.6 Å². The maximum Gasteiger partial charge on any atom is 0.143 e.